The van der Waals surface area contributed by atoms with Crippen molar-refractivity contribution in [3.8, 4) is 17.2 Å². The summed E-state index contributed by atoms with van der Waals surface area (Å²) in [5, 5.41) is 4.33. The van der Waals surface area contributed by atoms with Gasteiger partial charge in [-0.15, -0.1) is 0 Å². The van der Waals surface area contributed by atoms with Gasteiger partial charge in [0, 0.05) is 25.1 Å². The molecule has 0 bridgehead atoms. The van der Waals surface area contributed by atoms with Crippen molar-refractivity contribution in [3.05, 3.63) is 30.4 Å². The number of ether oxygens (including phenoxy) is 2. The normalized spacial score (nSPS) is 21.2. The van der Waals surface area contributed by atoms with Crippen LogP contribution in [-0.4, -0.2) is 72.4 Å². The SMILES string of the molecule is CN(CCc1ncnn1-c1ccc2c(c1)OCCO2)C1CCS(=O)(=O)C1. The highest BCUT2D eigenvalue weighted by Gasteiger charge is 2.30. The van der Waals surface area contributed by atoms with E-state index in [1.807, 2.05) is 25.2 Å². The lowest BCUT2D eigenvalue weighted by molar-refractivity contribution is 0.171. The fourth-order valence-electron chi connectivity index (χ4n) is 3.40. The van der Waals surface area contributed by atoms with E-state index >= 15 is 0 Å². The molecule has 8 nitrogen and oxygen atoms in total. The van der Waals surface area contributed by atoms with Crippen LogP contribution in [0, 0.1) is 0 Å². The van der Waals surface area contributed by atoms with Crippen LogP contribution < -0.4 is 9.47 Å². The largest absolute Gasteiger partial charge is 0.486 e. The fraction of sp³-hybridized carbons (Fsp3) is 0.529. The van der Waals surface area contributed by atoms with Crippen molar-refractivity contribution in [2.24, 2.45) is 0 Å². The van der Waals surface area contributed by atoms with E-state index < -0.39 is 9.84 Å². The Morgan fingerprint density at radius 3 is 2.85 bits per heavy atom. The van der Waals surface area contributed by atoms with Gasteiger partial charge in [-0.05, 0) is 25.6 Å². The monoisotopic (exact) mass is 378 g/mol. The number of rotatable bonds is 5. The number of likely N-dealkylation sites (N-methyl/N-ethyl adjacent to an activating group) is 1. The first kappa shape index (κ1) is 17.3. The Kier molecular flexibility index (Phi) is 4.58. The summed E-state index contributed by atoms with van der Waals surface area (Å²) in [6, 6.07) is 5.80. The van der Waals surface area contributed by atoms with Gasteiger partial charge >= 0.3 is 0 Å². The number of hydrogen-bond acceptors (Lipinski definition) is 7. The molecule has 0 spiro atoms. The Hall–Kier alpha value is -2.13. The minimum atomic E-state index is -2.87. The van der Waals surface area contributed by atoms with Gasteiger partial charge in [-0.2, -0.15) is 5.10 Å². The van der Waals surface area contributed by atoms with Gasteiger partial charge in [0.05, 0.1) is 17.2 Å². The first-order valence-electron chi connectivity index (χ1n) is 8.71. The molecule has 9 heteroatoms. The summed E-state index contributed by atoms with van der Waals surface area (Å²) >= 11 is 0. The van der Waals surface area contributed by atoms with Crippen LogP contribution in [-0.2, 0) is 16.3 Å². The lowest BCUT2D eigenvalue weighted by atomic mass is 10.2. The molecule has 0 aliphatic carbocycles. The van der Waals surface area contributed by atoms with Crippen LogP contribution in [0.15, 0.2) is 24.5 Å². The smallest absolute Gasteiger partial charge is 0.163 e. The lowest BCUT2D eigenvalue weighted by Crippen LogP contribution is -2.34. The van der Waals surface area contributed by atoms with Gasteiger partial charge in [0.1, 0.15) is 25.4 Å². The van der Waals surface area contributed by atoms with Crippen molar-refractivity contribution in [1.29, 1.82) is 0 Å². The predicted octanol–water partition coefficient (Wildman–Crippen LogP) is 0.700. The van der Waals surface area contributed by atoms with E-state index in [4.69, 9.17) is 9.47 Å². The molecule has 2 aromatic rings. The minimum Gasteiger partial charge on any atom is -0.486 e. The number of fused-ring (bicyclic) bond motifs is 1. The number of aromatic nitrogens is 3. The van der Waals surface area contributed by atoms with Crippen LogP contribution in [0.25, 0.3) is 5.69 Å². The molecule has 1 aromatic heterocycles. The minimum absolute atomic E-state index is 0.0886. The fourth-order valence-corrected chi connectivity index (χ4v) is 5.20. The highest BCUT2D eigenvalue weighted by Crippen LogP contribution is 2.32. The van der Waals surface area contributed by atoms with E-state index in [-0.39, 0.29) is 17.5 Å². The van der Waals surface area contributed by atoms with Gasteiger partial charge in [-0.25, -0.2) is 18.1 Å². The van der Waals surface area contributed by atoms with E-state index in [9.17, 15) is 8.42 Å². The maximum absolute atomic E-state index is 11.7. The summed E-state index contributed by atoms with van der Waals surface area (Å²) in [6.45, 7) is 1.82. The van der Waals surface area contributed by atoms with E-state index in [1.165, 1.54) is 6.33 Å². The second-order valence-electron chi connectivity index (χ2n) is 6.70. The summed E-state index contributed by atoms with van der Waals surface area (Å²) in [4.78, 5) is 6.47. The Bertz CT molecular complexity index is 896. The average molecular weight is 378 g/mol. The van der Waals surface area contributed by atoms with Crippen LogP contribution >= 0.6 is 0 Å². The molecule has 1 fully saturated rings. The number of hydrogen-bond donors (Lipinski definition) is 0. The van der Waals surface area contributed by atoms with Gasteiger partial charge in [0.25, 0.3) is 0 Å². The molecule has 26 heavy (non-hydrogen) atoms. The van der Waals surface area contributed by atoms with Gasteiger partial charge in [-0.1, -0.05) is 0 Å². The summed E-state index contributed by atoms with van der Waals surface area (Å²) < 4.78 is 36.3. The third kappa shape index (κ3) is 3.54. The zero-order valence-corrected chi connectivity index (χ0v) is 15.5. The quantitative estimate of drug-likeness (QED) is 0.757. The van der Waals surface area contributed by atoms with Crippen molar-refractivity contribution in [2.75, 3.05) is 38.3 Å². The molecule has 1 unspecified atom stereocenters. The predicted molar refractivity (Wildman–Crippen MR) is 95.7 cm³/mol. The average Bonchev–Trinajstić information content (AvgIpc) is 3.25. The number of nitrogens with zero attached hydrogens (tertiary/aromatic N) is 4. The van der Waals surface area contributed by atoms with E-state index in [1.54, 1.807) is 4.68 Å². The van der Waals surface area contributed by atoms with Gasteiger partial charge in [0.2, 0.25) is 0 Å². The van der Waals surface area contributed by atoms with Crippen molar-refractivity contribution in [3.63, 3.8) is 0 Å². The summed E-state index contributed by atoms with van der Waals surface area (Å²) in [5.74, 6) is 2.81. The summed E-state index contributed by atoms with van der Waals surface area (Å²) in [5.41, 5.74) is 0.868. The molecule has 1 aromatic carbocycles. The maximum atomic E-state index is 11.7. The number of benzene rings is 1. The number of sulfone groups is 1. The molecule has 0 saturated carbocycles. The summed E-state index contributed by atoms with van der Waals surface area (Å²) in [7, 11) is -0.905. The molecule has 2 aliphatic rings. The van der Waals surface area contributed by atoms with Gasteiger partial charge in [-0.3, -0.25) is 0 Å². The Balaban J connectivity index is 1.46. The van der Waals surface area contributed by atoms with Crippen LogP contribution in [0.3, 0.4) is 0 Å². The third-order valence-electron chi connectivity index (χ3n) is 4.91. The molecule has 1 atom stereocenters. The third-order valence-corrected chi connectivity index (χ3v) is 6.66. The second-order valence-corrected chi connectivity index (χ2v) is 8.93. The van der Waals surface area contributed by atoms with Crippen LogP contribution in [0.2, 0.25) is 0 Å². The molecule has 0 N–H and O–H groups in total. The van der Waals surface area contributed by atoms with Gasteiger partial charge in [0.15, 0.2) is 21.3 Å². The molecule has 140 valence electrons. The van der Waals surface area contributed by atoms with Crippen molar-refractivity contribution >= 4 is 9.84 Å². The topological polar surface area (TPSA) is 86.6 Å². The molecular formula is C17H22N4O4S. The zero-order chi connectivity index (χ0) is 18.1. The standard InChI is InChI=1S/C17H22N4O4S/c1-20(14-5-9-26(22,23)11-14)6-4-17-18-12-19-21(17)13-2-3-15-16(10-13)25-8-7-24-15/h2-3,10,12,14H,4-9,11H2,1H3. The molecular weight excluding hydrogens is 356 g/mol. The van der Waals surface area contributed by atoms with E-state index in [0.717, 1.165) is 23.8 Å². The Morgan fingerprint density at radius 2 is 2.08 bits per heavy atom. The van der Waals surface area contributed by atoms with Crippen LogP contribution in [0.5, 0.6) is 11.5 Å². The van der Waals surface area contributed by atoms with Crippen LogP contribution in [0.4, 0.5) is 0 Å². The lowest BCUT2D eigenvalue weighted by Gasteiger charge is -2.23. The first-order chi connectivity index (χ1) is 12.5. The van der Waals surface area contributed by atoms with Crippen molar-refractivity contribution in [2.45, 2.75) is 18.9 Å². The van der Waals surface area contributed by atoms with Crippen molar-refractivity contribution in [1.82, 2.24) is 19.7 Å². The van der Waals surface area contributed by atoms with Crippen LogP contribution in [0.1, 0.15) is 12.2 Å². The Morgan fingerprint density at radius 1 is 1.27 bits per heavy atom. The van der Waals surface area contributed by atoms with E-state index in [0.29, 0.717) is 31.8 Å². The molecule has 2 aliphatic heterocycles. The van der Waals surface area contributed by atoms with Crippen molar-refractivity contribution < 1.29 is 17.9 Å². The second kappa shape index (κ2) is 6.88. The molecule has 0 amide bonds. The highest BCUT2D eigenvalue weighted by atomic mass is 32.2. The Labute approximate surface area is 152 Å². The molecule has 0 radical (unpaired) electrons. The van der Waals surface area contributed by atoms with E-state index in [2.05, 4.69) is 15.0 Å². The summed E-state index contributed by atoms with van der Waals surface area (Å²) in [6.07, 6.45) is 2.92. The first-order valence-corrected chi connectivity index (χ1v) is 10.5. The highest BCUT2D eigenvalue weighted by molar-refractivity contribution is 7.91. The molecule has 3 heterocycles. The molecule has 1 saturated heterocycles. The molecule has 4 rings (SSSR count). The zero-order valence-electron chi connectivity index (χ0n) is 14.7. The maximum Gasteiger partial charge on any atom is 0.163 e. The van der Waals surface area contributed by atoms with Gasteiger partial charge < -0.3 is 14.4 Å².